The maximum absolute atomic E-state index is 12.7. The monoisotopic (exact) mass is 607 g/mol. The largest absolute Gasteiger partial charge is 0.484 e. The predicted octanol–water partition coefficient (Wildman–Crippen LogP) is 2.58. The van der Waals surface area contributed by atoms with Crippen molar-refractivity contribution in [3.05, 3.63) is 41.4 Å². The van der Waals surface area contributed by atoms with Gasteiger partial charge in [0.05, 0.1) is 36.3 Å². The highest BCUT2D eigenvalue weighted by Crippen LogP contribution is 2.45. The molecule has 0 aliphatic carbocycles. The van der Waals surface area contributed by atoms with Gasteiger partial charge in [-0.15, -0.1) is 0 Å². The van der Waals surface area contributed by atoms with Gasteiger partial charge >= 0.3 is 6.01 Å². The molecular weight excluding hydrogens is 570 g/mol. The van der Waals surface area contributed by atoms with Crippen molar-refractivity contribution in [2.45, 2.75) is 44.3 Å². The summed E-state index contributed by atoms with van der Waals surface area (Å²) in [6, 6.07) is 6.03. The van der Waals surface area contributed by atoms with Crippen LogP contribution in [0, 0.1) is 18.3 Å². The number of benzene rings is 1. The van der Waals surface area contributed by atoms with Gasteiger partial charge < -0.3 is 24.2 Å². The third-order valence-electron chi connectivity index (χ3n) is 8.88. The molecule has 14 heteroatoms. The number of hydrogen-bond donors (Lipinski definition) is 1. The molecule has 2 fully saturated rings. The first kappa shape index (κ1) is 29.2. The summed E-state index contributed by atoms with van der Waals surface area (Å²) in [5.74, 6) is 1.63. The van der Waals surface area contributed by atoms with Crippen molar-refractivity contribution >= 4 is 32.6 Å². The van der Waals surface area contributed by atoms with Crippen molar-refractivity contribution in [1.29, 1.82) is 5.26 Å². The third-order valence-corrected chi connectivity index (χ3v) is 10.4. The number of nitrogens with one attached hydrogen (secondary N) is 1. The lowest BCUT2D eigenvalue weighted by Gasteiger charge is -2.42. The van der Waals surface area contributed by atoms with E-state index >= 15 is 0 Å². The van der Waals surface area contributed by atoms with E-state index in [4.69, 9.17) is 19.4 Å². The summed E-state index contributed by atoms with van der Waals surface area (Å²) in [6.07, 6.45) is 4.04. The smallest absolute Gasteiger partial charge is 0.320 e. The minimum atomic E-state index is -3.70. The summed E-state index contributed by atoms with van der Waals surface area (Å²) in [4.78, 5) is 16.0. The number of aromatic nitrogens is 4. The molecule has 0 bridgehead atoms. The highest BCUT2D eigenvalue weighted by atomic mass is 32.2. The van der Waals surface area contributed by atoms with Gasteiger partial charge in [0, 0.05) is 43.5 Å². The summed E-state index contributed by atoms with van der Waals surface area (Å²) >= 11 is 0. The van der Waals surface area contributed by atoms with Crippen LogP contribution < -0.4 is 19.3 Å². The number of H-pyrrole nitrogens is 1. The summed E-state index contributed by atoms with van der Waals surface area (Å²) in [5, 5.41) is 18.8. The average Bonchev–Trinajstić information content (AvgIpc) is 3.65. The van der Waals surface area contributed by atoms with Gasteiger partial charge in [-0.2, -0.15) is 24.6 Å². The first-order valence-electron chi connectivity index (χ1n) is 14.5. The quantitative estimate of drug-likeness (QED) is 0.403. The molecule has 1 unspecified atom stereocenters. The standard InChI is InChI=1S/C29H37N9O4S/c1-5-43(39,40)38-14-13-37(16-20(38)10-11-30)28-26-27(32-29(33-28)42-17-21-7-6-12-35(21)3)36(4)24(18-41-26)25-19(2)8-9-23-22(25)15-31-34-23/h5,8-9,15,20-21,24H,1,6-7,10,12-14,16-18H2,2-4H3,(H,31,34)/t20-,21-,24?/m0/s1. The highest BCUT2D eigenvalue weighted by molar-refractivity contribution is 7.92. The number of likely N-dealkylation sites (tertiary alicyclic amines) is 1. The van der Waals surface area contributed by atoms with Gasteiger partial charge in [0.25, 0.3) is 0 Å². The van der Waals surface area contributed by atoms with Crippen LogP contribution in [0.1, 0.15) is 36.4 Å². The molecule has 0 amide bonds. The number of nitriles is 1. The highest BCUT2D eigenvalue weighted by Gasteiger charge is 2.39. The van der Waals surface area contributed by atoms with E-state index in [0.29, 0.717) is 37.1 Å². The Morgan fingerprint density at radius 2 is 2.02 bits per heavy atom. The number of aromatic amines is 1. The number of anilines is 2. The molecule has 3 aliphatic rings. The van der Waals surface area contributed by atoms with E-state index in [1.54, 1.807) is 0 Å². The van der Waals surface area contributed by atoms with Crippen LogP contribution in [-0.4, -0.2) is 103 Å². The Kier molecular flexibility index (Phi) is 7.89. The molecule has 0 spiro atoms. The number of likely N-dealkylation sites (N-methyl/N-ethyl adjacent to an activating group) is 2. The van der Waals surface area contributed by atoms with Crippen LogP contribution in [0.3, 0.4) is 0 Å². The van der Waals surface area contributed by atoms with Crippen LogP contribution in [-0.2, 0) is 10.0 Å². The molecule has 13 nitrogen and oxygen atoms in total. The zero-order chi connectivity index (χ0) is 30.3. The molecule has 1 aromatic carbocycles. The normalized spacial score (nSPS) is 23.2. The SMILES string of the molecule is C=CS(=O)(=O)N1CCN(c2nc(OC[C@@H]3CCCN3C)nc3c2OCC(c2c(C)ccc4[nH]ncc24)N3C)C[C@@H]1CC#N. The number of rotatable bonds is 8. The second-order valence-electron chi connectivity index (χ2n) is 11.4. The Hall–Kier alpha value is -3.93. The fourth-order valence-corrected chi connectivity index (χ4v) is 7.52. The number of fused-ring (bicyclic) bond motifs is 2. The maximum atomic E-state index is 12.7. The minimum absolute atomic E-state index is 0.0328. The van der Waals surface area contributed by atoms with Gasteiger partial charge in [-0.25, -0.2) is 8.42 Å². The van der Waals surface area contributed by atoms with E-state index in [1.807, 2.05) is 24.2 Å². The summed E-state index contributed by atoms with van der Waals surface area (Å²) in [5.41, 5.74) is 3.17. The predicted molar refractivity (Wildman–Crippen MR) is 163 cm³/mol. The zero-order valence-corrected chi connectivity index (χ0v) is 25.5. The van der Waals surface area contributed by atoms with E-state index in [0.717, 1.165) is 46.8 Å². The minimum Gasteiger partial charge on any atom is -0.484 e. The van der Waals surface area contributed by atoms with Gasteiger partial charge in [0.15, 0.2) is 11.6 Å². The lowest BCUT2D eigenvalue weighted by molar-refractivity contribution is 0.186. The van der Waals surface area contributed by atoms with Crippen molar-refractivity contribution in [2.75, 3.05) is 63.3 Å². The maximum Gasteiger partial charge on any atom is 0.320 e. The molecule has 228 valence electrons. The molecule has 3 atom stereocenters. The second-order valence-corrected chi connectivity index (χ2v) is 13.3. The molecule has 3 aliphatic heterocycles. The van der Waals surface area contributed by atoms with Gasteiger partial charge in [0.1, 0.15) is 13.2 Å². The molecule has 1 N–H and O–H groups in total. The number of sulfonamides is 1. The fourth-order valence-electron chi connectivity index (χ4n) is 6.44. The van der Waals surface area contributed by atoms with Crippen LogP contribution in [0.25, 0.3) is 10.9 Å². The van der Waals surface area contributed by atoms with Gasteiger partial charge in [-0.1, -0.05) is 12.6 Å². The van der Waals surface area contributed by atoms with Crippen LogP contribution in [0.2, 0.25) is 0 Å². The molecule has 0 saturated carbocycles. The van der Waals surface area contributed by atoms with E-state index < -0.39 is 16.1 Å². The van der Waals surface area contributed by atoms with Gasteiger partial charge in [-0.3, -0.25) is 5.10 Å². The molecule has 5 heterocycles. The van der Waals surface area contributed by atoms with Crippen LogP contribution in [0.15, 0.2) is 30.3 Å². The van der Waals surface area contributed by atoms with E-state index in [1.165, 1.54) is 4.31 Å². The number of aryl methyl sites for hydroxylation is 1. The second kappa shape index (κ2) is 11.6. The Morgan fingerprint density at radius 1 is 1.21 bits per heavy atom. The Bertz CT molecular complexity index is 1670. The Morgan fingerprint density at radius 3 is 2.77 bits per heavy atom. The molecule has 2 saturated heterocycles. The van der Waals surface area contributed by atoms with E-state index in [2.05, 4.69) is 52.7 Å². The molecular formula is C29H37N9O4S. The molecule has 6 rings (SSSR count). The van der Waals surface area contributed by atoms with Crippen molar-refractivity contribution < 1.29 is 17.9 Å². The van der Waals surface area contributed by atoms with Gasteiger partial charge in [0.2, 0.25) is 15.8 Å². The van der Waals surface area contributed by atoms with Gasteiger partial charge in [-0.05, 0) is 50.6 Å². The summed E-state index contributed by atoms with van der Waals surface area (Å²) in [6.45, 7) is 8.19. The summed E-state index contributed by atoms with van der Waals surface area (Å²) in [7, 11) is 0.383. The van der Waals surface area contributed by atoms with Crippen molar-refractivity contribution in [3.8, 4) is 17.8 Å². The molecule has 43 heavy (non-hydrogen) atoms. The van der Waals surface area contributed by atoms with Crippen LogP contribution >= 0.6 is 0 Å². The first-order chi connectivity index (χ1) is 20.7. The number of piperazine rings is 1. The van der Waals surface area contributed by atoms with Crippen molar-refractivity contribution in [3.63, 3.8) is 0 Å². The molecule has 3 aromatic rings. The Labute approximate surface area is 251 Å². The number of nitrogens with zero attached hydrogens (tertiary/aromatic N) is 8. The zero-order valence-electron chi connectivity index (χ0n) is 24.7. The Balaban J connectivity index is 1.38. The van der Waals surface area contributed by atoms with Crippen molar-refractivity contribution in [2.24, 2.45) is 0 Å². The molecule has 0 radical (unpaired) electrons. The van der Waals surface area contributed by atoms with E-state index in [-0.39, 0.29) is 37.6 Å². The first-order valence-corrected chi connectivity index (χ1v) is 16.0. The van der Waals surface area contributed by atoms with Crippen LogP contribution in [0.5, 0.6) is 11.8 Å². The van der Waals surface area contributed by atoms with Crippen LogP contribution in [0.4, 0.5) is 11.6 Å². The average molecular weight is 608 g/mol. The lowest BCUT2D eigenvalue weighted by atomic mass is 9.96. The number of hydrogen-bond acceptors (Lipinski definition) is 11. The molecule has 2 aromatic heterocycles. The topological polar surface area (TPSA) is 144 Å². The van der Waals surface area contributed by atoms with E-state index in [9.17, 15) is 13.7 Å². The fraction of sp³-hybridized carbons (Fsp3) is 0.517. The third kappa shape index (κ3) is 5.37. The lowest BCUT2D eigenvalue weighted by Crippen LogP contribution is -2.55. The summed E-state index contributed by atoms with van der Waals surface area (Å²) < 4.78 is 39.5. The van der Waals surface area contributed by atoms with Crippen molar-refractivity contribution in [1.82, 2.24) is 29.4 Å². The number of ether oxygens (including phenoxy) is 2.